The Morgan fingerprint density at radius 1 is 1.35 bits per heavy atom. The van der Waals surface area contributed by atoms with E-state index in [0.717, 1.165) is 5.56 Å². The van der Waals surface area contributed by atoms with Gasteiger partial charge in [-0.25, -0.2) is 4.79 Å². The van der Waals surface area contributed by atoms with E-state index in [1.165, 1.54) is 4.88 Å². The summed E-state index contributed by atoms with van der Waals surface area (Å²) in [5.41, 5.74) is 1.29. The van der Waals surface area contributed by atoms with Crippen LogP contribution in [0.2, 0.25) is 0 Å². The second-order valence-electron chi connectivity index (χ2n) is 3.67. The molecule has 2 N–H and O–H groups in total. The molecule has 0 aliphatic carbocycles. The minimum Gasteiger partial charge on any atom is -0.478 e. The van der Waals surface area contributed by atoms with Crippen LogP contribution in [-0.2, 0) is 0 Å². The van der Waals surface area contributed by atoms with E-state index in [9.17, 15) is 4.79 Å². The first-order chi connectivity index (χ1) is 8.22. The molecule has 0 saturated heterocycles. The lowest BCUT2D eigenvalue weighted by molar-refractivity contribution is 0.0696. The molecule has 4 heteroatoms. The molecule has 3 nitrogen and oxygen atoms in total. The van der Waals surface area contributed by atoms with Gasteiger partial charge >= 0.3 is 5.97 Å². The van der Waals surface area contributed by atoms with Crippen molar-refractivity contribution in [3.8, 4) is 0 Å². The van der Waals surface area contributed by atoms with Crippen molar-refractivity contribution in [2.24, 2.45) is 0 Å². The number of hydrogen-bond acceptors (Lipinski definition) is 3. The zero-order chi connectivity index (χ0) is 12.3. The third kappa shape index (κ3) is 2.54. The summed E-state index contributed by atoms with van der Waals surface area (Å²) in [7, 11) is 1.87. The van der Waals surface area contributed by atoms with Gasteiger partial charge in [0.2, 0.25) is 0 Å². The number of carboxylic acid groups (broad SMARTS) is 1. The quantitative estimate of drug-likeness (QED) is 0.873. The van der Waals surface area contributed by atoms with Gasteiger partial charge in [0, 0.05) is 4.88 Å². The Bertz CT molecular complexity index is 508. The number of hydrogen-bond donors (Lipinski definition) is 2. The third-order valence-corrected chi connectivity index (χ3v) is 3.52. The van der Waals surface area contributed by atoms with Crippen LogP contribution in [0.1, 0.15) is 26.8 Å². The van der Waals surface area contributed by atoms with Gasteiger partial charge in [0.15, 0.2) is 0 Å². The molecule has 1 atom stereocenters. The standard InChI is InChI=1S/C13H13NO2S/c1-14-12(11-6-3-7-17-11)9-4-2-5-10(8-9)13(15)16/h2-8,12,14H,1H3,(H,15,16). The molecule has 0 aliphatic heterocycles. The summed E-state index contributed by atoms with van der Waals surface area (Å²) in [6, 6.07) is 11.1. The Balaban J connectivity index is 2.38. The van der Waals surface area contributed by atoms with E-state index in [2.05, 4.69) is 5.32 Å². The fourth-order valence-electron chi connectivity index (χ4n) is 1.78. The van der Waals surface area contributed by atoms with Gasteiger partial charge in [-0.3, -0.25) is 0 Å². The van der Waals surface area contributed by atoms with Gasteiger partial charge in [0.25, 0.3) is 0 Å². The molecule has 1 unspecified atom stereocenters. The molecule has 0 amide bonds. The molecule has 0 bridgehead atoms. The Labute approximate surface area is 104 Å². The zero-order valence-corrected chi connectivity index (χ0v) is 10.2. The summed E-state index contributed by atoms with van der Waals surface area (Å²) in [6.45, 7) is 0. The second-order valence-corrected chi connectivity index (χ2v) is 4.65. The van der Waals surface area contributed by atoms with Gasteiger partial charge in [0.1, 0.15) is 0 Å². The van der Waals surface area contributed by atoms with Crippen molar-refractivity contribution in [1.29, 1.82) is 0 Å². The number of benzene rings is 1. The Morgan fingerprint density at radius 2 is 2.18 bits per heavy atom. The highest BCUT2D eigenvalue weighted by Crippen LogP contribution is 2.26. The molecule has 1 aromatic heterocycles. The molecule has 2 rings (SSSR count). The van der Waals surface area contributed by atoms with E-state index in [4.69, 9.17) is 5.11 Å². The second kappa shape index (κ2) is 5.12. The van der Waals surface area contributed by atoms with Gasteiger partial charge < -0.3 is 10.4 Å². The van der Waals surface area contributed by atoms with Crippen LogP contribution in [0.15, 0.2) is 41.8 Å². The Morgan fingerprint density at radius 3 is 2.76 bits per heavy atom. The van der Waals surface area contributed by atoms with Gasteiger partial charge in [-0.05, 0) is 36.2 Å². The first-order valence-electron chi connectivity index (χ1n) is 5.26. The fraction of sp³-hybridized carbons (Fsp3) is 0.154. The number of aromatic carboxylic acids is 1. The molecule has 0 spiro atoms. The maximum absolute atomic E-state index is 10.9. The van der Waals surface area contributed by atoms with E-state index in [1.807, 2.05) is 30.6 Å². The van der Waals surface area contributed by atoms with E-state index < -0.39 is 5.97 Å². The van der Waals surface area contributed by atoms with Crippen LogP contribution in [-0.4, -0.2) is 18.1 Å². The van der Waals surface area contributed by atoms with Gasteiger partial charge in [-0.15, -0.1) is 11.3 Å². The average Bonchev–Trinajstić information content (AvgIpc) is 2.84. The average molecular weight is 247 g/mol. The summed E-state index contributed by atoms with van der Waals surface area (Å²) >= 11 is 1.65. The molecule has 0 radical (unpaired) electrons. The lowest BCUT2D eigenvalue weighted by Crippen LogP contribution is -2.16. The Hall–Kier alpha value is -1.65. The highest BCUT2D eigenvalue weighted by Gasteiger charge is 2.14. The van der Waals surface area contributed by atoms with E-state index in [1.54, 1.807) is 29.5 Å². The predicted octanol–water partition coefficient (Wildman–Crippen LogP) is 2.76. The van der Waals surface area contributed by atoms with Gasteiger partial charge in [-0.1, -0.05) is 18.2 Å². The summed E-state index contributed by atoms with van der Waals surface area (Å²) in [5, 5.41) is 14.2. The van der Waals surface area contributed by atoms with E-state index in [-0.39, 0.29) is 6.04 Å². The minimum atomic E-state index is -0.895. The monoisotopic (exact) mass is 247 g/mol. The molecular weight excluding hydrogens is 234 g/mol. The third-order valence-electron chi connectivity index (χ3n) is 2.58. The fourth-order valence-corrected chi connectivity index (χ4v) is 2.64. The zero-order valence-electron chi connectivity index (χ0n) is 9.38. The maximum Gasteiger partial charge on any atom is 0.335 e. The van der Waals surface area contributed by atoms with Gasteiger partial charge in [0.05, 0.1) is 11.6 Å². The van der Waals surface area contributed by atoms with Crippen LogP contribution in [0.5, 0.6) is 0 Å². The highest BCUT2D eigenvalue weighted by atomic mass is 32.1. The minimum absolute atomic E-state index is 0.0503. The van der Waals surface area contributed by atoms with Crippen molar-refractivity contribution in [2.75, 3.05) is 7.05 Å². The van der Waals surface area contributed by atoms with Crippen LogP contribution in [0.25, 0.3) is 0 Å². The summed E-state index contributed by atoms with van der Waals surface area (Å²) < 4.78 is 0. The molecule has 1 heterocycles. The molecule has 17 heavy (non-hydrogen) atoms. The molecule has 2 aromatic rings. The number of nitrogens with one attached hydrogen (secondary N) is 1. The maximum atomic E-state index is 10.9. The normalized spacial score (nSPS) is 12.3. The first kappa shape index (κ1) is 11.8. The van der Waals surface area contributed by atoms with Crippen LogP contribution < -0.4 is 5.32 Å². The van der Waals surface area contributed by atoms with Crippen LogP contribution >= 0.6 is 11.3 Å². The van der Waals surface area contributed by atoms with Crippen molar-refractivity contribution in [3.05, 3.63) is 57.8 Å². The smallest absolute Gasteiger partial charge is 0.335 e. The molecular formula is C13H13NO2S. The van der Waals surface area contributed by atoms with Crippen LogP contribution in [0, 0.1) is 0 Å². The highest BCUT2D eigenvalue weighted by molar-refractivity contribution is 7.10. The van der Waals surface area contributed by atoms with Crippen molar-refractivity contribution < 1.29 is 9.90 Å². The topological polar surface area (TPSA) is 49.3 Å². The van der Waals surface area contributed by atoms with Crippen molar-refractivity contribution in [2.45, 2.75) is 6.04 Å². The first-order valence-corrected chi connectivity index (χ1v) is 6.14. The van der Waals surface area contributed by atoms with Crippen LogP contribution in [0.4, 0.5) is 0 Å². The SMILES string of the molecule is CNC(c1cccc(C(=O)O)c1)c1cccs1. The summed E-state index contributed by atoms with van der Waals surface area (Å²) in [5.74, 6) is -0.895. The molecule has 0 fully saturated rings. The van der Waals surface area contributed by atoms with Crippen molar-refractivity contribution in [3.63, 3.8) is 0 Å². The van der Waals surface area contributed by atoms with Crippen molar-refractivity contribution in [1.82, 2.24) is 5.32 Å². The lowest BCUT2D eigenvalue weighted by atomic mass is 10.0. The summed E-state index contributed by atoms with van der Waals surface area (Å²) in [6.07, 6.45) is 0. The number of thiophene rings is 1. The molecule has 1 aromatic carbocycles. The van der Waals surface area contributed by atoms with E-state index in [0.29, 0.717) is 5.56 Å². The number of carbonyl (C=O) groups is 1. The molecule has 0 saturated carbocycles. The Kier molecular flexibility index (Phi) is 3.56. The molecule has 88 valence electrons. The predicted molar refractivity (Wildman–Crippen MR) is 68.6 cm³/mol. The molecule has 0 aliphatic rings. The van der Waals surface area contributed by atoms with Crippen LogP contribution in [0.3, 0.4) is 0 Å². The van der Waals surface area contributed by atoms with Crippen molar-refractivity contribution >= 4 is 17.3 Å². The number of rotatable bonds is 4. The largest absolute Gasteiger partial charge is 0.478 e. The van der Waals surface area contributed by atoms with Gasteiger partial charge in [-0.2, -0.15) is 0 Å². The lowest BCUT2D eigenvalue weighted by Gasteiger charge is -2.15. The van der Waals surface area contributed by atoms with E-state index >= 15 is 0 Å². The summed E-state index contributed by atoms with van der Waals surface area (Å²) in [4.78, 5) is 12.1. The number of carboxylic acids is 1.